The van der Waals surface area contributed by atoms with Crippen LogP contribution in [0.25, 0.3) is 0 Å². The lowest BCUT2D eigenvalue weighted by molar-refractivity contribution is 0.0958. The number of nitrogens with zero attached hydrogens (tertiary/aromatic N) is 1. The molecule has 1 saturated carbocycles. The molecule has 0 bridgehead atoms. The summed E-state index contributed by atoms with van der Waals surface area (Å²) in [5.74, 6) is 0.474. The first-order valence-corrected chi connectivity index (χ1v) is 8.32. The minimum absolute atomic E-state index is 0.0485. The second kappa shape index (κ2) is 7.13. The maximum Gasteiger partial charge on any atom is 0.263 e. The number of nitrogen functional groups attached to an aromatic ring is 1. The van der Waals surface area contributed by atoms with Crippen molar-refractivity contribution >= 4 is 27.9 Å². The van der Waals surface area contributed by atoms with Crippen molar-refractivity contribution < 1.29 is 9.53 Å². The van der Waals surface area contributed by atoms with Crippen molar-refractivity contribution in [1.82, 2.24) is 5.32 Å². The molecule has 1 aliphatic rings. The van der Waals surface area contributed by atoms with E-state index in [4.69, 9.17) is 10.5 Å². The Balaban J connectivity index is 2.25. The van der Waals surface area contributed by atoms with E-state index in [1.54, 1.807) is 7.11 Å². The number of anilines is 2. The van der Waals surface area contributed by atoms with E-state index < -0.39 is 0 Å². The number of methoxy groups -OCH3 is 1. The van der Waals surface area contributed by atoms with Crippen molar-refractivity contribution in [2.75, 3.05) is 44.5 Å². The summed E-state index contributed by atoms with van der Waals surface area (Å²) in [6.45, 7) is 4.18. The maximum atomic E-state index is 12.2. The fourth-order valence-electron chi connectivity index (χ4n) is 2.31. The highest BCUT2D eigenvalue weighted by Crippen LogP contribution is 2.51. The topological polar surface area (TPSA) is 67.6 Å². The summed E-state index contributed by atoms with van der Waals surface area (Å²) < 4.78 is 5.14. The smallest absolute Gasteiger partial charge is 0.263 e. The van der Waals surface area contributed by atoms with E-state index in [2.05, 4.69) is 10.2 Å². The number of nitrogens with one attached hydrogen (secondary N) is 1. The second-order valence-corrected chi connectivity index (χ2v) is 6.51. The van der Waals surface area contributed by atoms with Gasteiger partial charge in [-0.15, -0.1) is 11.3 Å². The largest absolute Gasteiger partial charge is 0.397 e. The summed E-state index contributed by atoms with van der Waals surface area (Å²) in [5.41, 5.74) is 8.12. The van der Waals surface area contributed by atoms with Gasteiger partial charge in [0.25, 0.3) is 5.91 Å². The maximum absolute atomic E-state index is 12.2. The monoisotopic (exact) mass is 311 g/mol. The molecule has 2 rings (SSSR count). The fraction of sp³-hybridized carbons (Fsp3) is 0.667. The molecule has 3 N–H and O–H groups in total. The van der Waals surface area contributed by atoms with Gasteiger partial charge in [0.2, 0.25) is 0 Å². The molecular formula is C15H25N3O2S. The quantitative estimate of drug-likeness (QED) is 0.774. The summed E-state index contributed by atoms with van der Waals surface area (Å²) in [6, 6.07) is 0. The summed E-state index contributed by atoms with van der Waals surface area (Å²) >= 11 is 1.50. The molecule has 0 aliphatic heterocycles. The van der Waals surface area contributed by atoms with Crippen LogP contribution in [-0.2, 0) is 4.74 Å². The SMILES string of the molecule is CCCNC(=O)c1sc(N(C)CCOC)c(C2CC2)c1N. The average Bonchev–Trinajstić information content (AvgIpc) is 3.25. The number of carbonyl (C=O) groups excluding carboxylic acids is 1. The molecule has 0 atom stereocenters. The van der Waals surface area contributed by atoms with Crippen molar-refractivity contribution in [2.45, 2.75) is 32.1 Å². The summed E-state index contributed by atoms with van der Waals surface area (Å²) in [6.07, 6.45) is 3.26. The number of rotatable bonds is 8. The lowest BCUT2D eigenvalue weighted by Crippen LogP contribution is -2.23. The Morgan fingerprint density at radius 2 is 2.24 bits per heavy atom. The lowest BCUT2D eigenvalue weighted by atomic mass is 10.1. The molecule has 0 unspecified atom stereocenters. The highest BCUT2D eigenvalue weighted by Gasteiger charge is 2.33. The normalized spacial score (nSPS) is 14.2. The van der Waals surface area contributed by atoms with Crippen LogP contribution in [0, 0.1) is 0 Å². The molecule has 6 heteroatoms. The zero-order chi connectivity index (χ0) is 15.4. The van der Waals surface area contributed by atoms with Gasteiger partial charge in [0.1, 0.15) is 4.88 Å². The molecule has 0 saturated heterocycles. The van der Waals surface area contributed by atoms with Gasteiger partial charge in [0.05, 0.1) is 17.3 Å². The number of amides is 1. The fourth-order valence-corrected chi connectivity index (χ4v) is 3.52. The van der Waals surface area contributed by atoms with Gasteiger partial charge in [-0.05, 0) is 25.2 Å². The molecule has 1 aliphatic carbocycles. The third-order valence-corrected chi connectivity index (χ3v) is 5.00. The highest BCUT2D eigenvalue weighted by molar-refractivity contribution is 7.18. The predicted octanol–water partition coefficient (Wildman–Crippen LogP) is 2.43. The van der Waals surface area contributed by atoms with Crippen LogP contribution in [0.1, 0.15) is 47.3 Å². The predicted molar refractivity (Wildman–Crippen MR) is 88.5 cm³/mol. The van der Waals surface area contributed by atoms with E-state index in [1.807, 2.05) is 14.0 Å². The Kier molecular flexibility index (Phi) is 5.47. The van der Waals surface area contributed by atoms with E-state index in [0.29, 0.717) is 29.6 Å². The number of thiophene rings is 1. The van der Waals surface area contributed by atoms with Crippen molar-refractivity contribution in [3.63, 3.8) is 0 Å². The zero-order valence-corrected chi connectivity index (χ0v) is 13.9. The number of nitrogens with two attached hydrogens (primary N) is 1. The van der Waals surface area contributed by atoms with Crippen LogP contribution in [0.15, 0.2) is 0 Å². The van der Waals surface area contributed by atoms with Crippen molar-refractivity contribution in [1.29, 1.82) is 0 Å². The Morgan fingerprint density at radius 1 is 1.52 bits per heavy atom. The van der Waals surface area contributed by atoms with Crippen LogP contribution in [0.2, 0.25) is 0 Å². The van der Waals surface area contributed by atoms with Gasteiger partial charge < -0.3 is 20.7 Å². The van der Waals surface area contributed by atoms with Gasteiger partial charge in [-0.2, -0.15) is 0 Å². The van der Waals surface area contributed by atoms with Crippen LogP contribution in [-0.4, -0.2) is 39.8 Å². The highest BCUT2D eigenvalue weighted by atomic mass is 32.1. The second-order valence-electron chi connectivity index (χ2n) is 5.51. The summed E-state index contributed by atoms with van der Waals surface area (Å²) in [5, 5.41) is 4.04. The Labute approximate surface area is 130 Å². The first-order valence-electron chi connectivity index (χ1n) is 7.50. The molecular weight excluding hydrogens is 286 g/mol. The molecule has 118 valence electrons. The van der Waals surface area contributed by atoms with E-state index in [0.717, 1.165) is 18.0 Å². The van der Waals surface area contributed by atoms with Crippen molar-refractivity contribution in [3.8, 4) is 0 Å². The van der Waals surface area contributed by atoms with Gasteiger partial charge in [0, 0.05) is 32.8 Å². The molecule has 1 fully saturated rings. The summed E-state index contributed by atoms with van der Waals surface area (Å²) in [4.78, 5) is 15.1. The minimum atomic E-state index is -0.0485. The van der Waals surface area contributed by atoms with Crippen LogP contribution >= 0.6 is 11.3 Å². The van der Waals surface area contributed by atoms with Crippen LogP contribution in [0.4, 0.5) is 10.7 Å². The van der Waals surface area contributed by atoms with Crippen molar-refractivity contribution in [2.24, 2.45) is 0 Å². The molecule has 0 aromatic carbocycles. The number of carbonyl (C=O) groups is 1. The first kappa shape index (κ1) is 16.1. The number of ether oxygens (including phenoxy) is 1. The van der Waals surface area contributed by atoms with Crippen LogP contribution in [0.5, 0.6) is 0 Å². The minimum Gasteiger partial charge on any atom is -0.397 e. The van der Waals surface area contributed by atoms with E-state index in [-0.39, 0.29) is 5.91 Å². The number of hydrogen-bond acceptors (Lipinski definition) is 5. The standard InChI is InChI=1S/C15H25N3O2S/c1-4-7-17-14(19)13-12(16)11(10-5-6-10)15(21-13)18(2)8-9-20-3/h10H,4-9,16H2,1-3H3,(H,17,19). The third kappa shape index (κ3) is 3.68. The molecule has 5 nitrogen and oxygen atoms in total. The average molecular weight is 311 g/mol. The Hall–Kier alpha value is -1.27. The molecule has 1 amide bonds. The number of hydrogen-bond donors (Lipinski definition) is 2. The van der Waals surface area contributed by atoms with Gasteiger partial charge >= 0.3 is 0 Å². The summed E-state index contributed by atoms with van der Waals surface area (Å²) in [7, 11) is 3.73. The molecule has 21 heavy (non-hydrogen) atoms. The lowest BCUT2D eigenvalue weighted by Gasteiger charge is -2.18. The van der Waals surface area contributed by atoms with Crippen LogP contribution < -0.4 is 16.0 Å². The van der Waals surface area contributed by atoms with Gasteiger partial charge in [0.15, 0.2) is 0 Å². The Morgan fingerprint density at radius 3 is 2.81 bits per heavy atom. The third-order valence-electron chi connectivity index (χ3n) is 3.67. The Bertz CT molecular complexity index is 497. The molecule has 1 heterocycles. The molecule has 0 radical (unpaired) electrons. The van der Waals surface area contributed by atoms with Crippen molar-refractivity contribution in [3.05, 3.63) is 10.4 Å². The van der Waals surface area contributed by atoms with Gasteiger partial charge in [-0.3, -0.25) is 4.79 Å². The molecule has 0 spiro atoms. The van der Waals surface area contributed by atoms with E-state index in [9.17, 15) is 4.79 Å². The van der Waals surface area contributed by atoms with E-state index >= 15 is 0 Å². The number of likely N-dealkylation sites (N-methyl/N-ethyl adjacent to an activating group) is 1. The molecule has 1 aromatic heterocycles. The first-order chi connectivity index (χ1) is 10.1. The van der Waals surface area contributed by atoms with E-state index in [1.165, 1.54) is 29.7 Å². The van der Waals surface area contributed by atoms with Crippen LogP contribution in [0.3, 0.4) is 0 Å². The zero-order valence-electron chi connectivity index (χ0n) is 13.1. The van der Waals surface area contributed by atoms with Gasteiger partial charge in [-0.1, -0.05) is 6.92 Å². The van der Waals surface area contributed by atoms with Gasteiger partial charge in [-0.25, -0.2) is 0 Å². The molecule has 1 aromatic rings.